The molecule has 0 amide bonds. The summed E-state index contributed by atoms with van der Waals surface area (Å²) in [6.45, 7) is 8.60. The van der Waals surface area contributed by atoms with Crippen LogP contribution >= 0.6 is 0 Å². The first-order valence-corrected chi connectivity index (χ1v) is 13.6. The average Bonchev–Trinajstić information content (AvgIpc) is 3.22. The lowest BCUT2D eigenvalue weighted by molar-refractivity contribution is -0.137. The van der Waals surface area contributed by atoms with E-state index in [0.29, 0.717) is 50.3 Å². The molecule has 0 spiro atoms. The maximum Gasteiger partial charge on any atom is 0.419 e. The largest absolute Gasteiger partial charge is 0.419 e. The zero-order chi connectivity index (χ0) is 27.8. The van der Waals surface area contributed by atoms with E-state index < -0.39 is 11.7 Å². The van der Waals surface area contributed by atoms with Crippen molar-refractivity contribution in [1.29, 1.82) is 0 Å². The van der Waals surface area contributed by atoms with Crippen molar-refractivity contribution in [2.45, 2.75) is 64.1 Å². The van der Waals surface area contributed by atoms with Crippen LogP contribution in [0.1, 0.15) is 56.0 Å². The second kappa shape index (κ2) is 10.6. The van der Waals surface area contributed by atoms with Gasteiger partial charge in [0, 0.05) is 61.5 Å². The van der Waals surface area contributed by atoms with E-state index in [-0.39, 0.29) is 11.2 Å². The Morgan fingerprint density at radius 1 is 1.03 bits per heavy atom. The van der Waals surface area contributed by atoms with Crippen molar-refractivity contribution in [2.24, 2.45) is 5.73 Å². The van der Waals surface area contributed by atoms with Gasteiger partial charge in [-0.3, -0.25) is 0 Å². The number of alkyl halides is 3. The Hall–Kier alpha value is -3.40. The highest BCUT2D eigenvalue weighted by molar-refractivity contribution is 5.63. The average molecular weight is 540 g/mol. The van der Waals surface area contributed by atoms with Gasteiger partial charge in [0.05, 0.1) is 11.3 Å². The minimum atomic E-state index is -4.47. The Labute approximate surface area is 227 Å². The van der Waals surface area contributed by atoms with Crippen LogP contribution in [0.5, 0.6) is 0 Å². The van der Waals surface area contributed by atoms with Crippen molar-refractivity contribution in [1.82, 2.24) is 15.0 Å². The van der Waals surface area contributed by atoms with Crippen LogP contribution in [-0.2, 0) is 24.4 Å². The minimum Gasteiger partial charge on any atom is -0.355 e. The van der Waals surface area contributed by atoms with E-state index in [9.17, 15) is 13.2 Å². The number of nitrogens with two attached hydrogens (primary N) is 1. The number of rotatable bonds is 6. The summed E-state index contributed by atoms with van der Waals surface area (Å²) < 4.78 is 41.2. The summed E-state index contributed by atoms with van der Waals surface area (Å²) in [6, 6.07) is 10.9. The Bertz CT molecular complexity index is 1310. The third-order valence-electron chi connectivity index (χ3n) is 7.97. The summed E-state index contributed by atoms with van der Waals surface area (Å²) >= 11 is 0. The van der Waals surface area contributed by atoms with Gasteiger partial charge in [-0.15, -0.1) is 0 Å². The van der Waals surface area contributed by atoms with Gasteiger partial charge in [0.2, 0.25) is 5.95 Å². The molecule has 7 nitrogen and oxygen atoms in total. The maximum atomic E-state index is 13.7. The lowest BCUT2D eigenvalue weighted by Gasteiger charge is -2.25. The number of nitrogens with zero attached hydrogens (tertiary/aromatic N) is 5. The number of hydrogen-bond donors (Lipinski definition) is 2. The van der Waals surface area contributed by atoms with Crippen LogP contribution < -0.4 is 20.9 Å². The third-order valence-corrected chi connectivity index (χ3v) is 7.97. The highest BCUT2D eigenvalue weighted by atomic mass is 19.4. The first-order valence-electron chi connectivity index (χ1n) is 13.6. The van der Waals surface area contributed by atoms with Crippen molar-refractivity contribution in [3.05, 3.63) is 65.0 Å². The Kier molecular flexibility index (Phi) is 7.41. The predicted octanol–water partition coefficient (Wildman–Crippen LogP) is 5.46. The third kappa shape index (κ3) is 5.66. The highest BCUT2D eigenvalue weighted by Crippen LogP contribution is 2.37. The molecule has 3 N–H and O–H groups in total. The van der Waals surface area contributed by atoms with E-state index in [0.717, 1.165) is 48.0 Å². The van der Waals surface area contributed by atoms with Crippen molar-refractivity contribution >= 4 is 23.3 Å². The fourth-order valence-corrected chi connectivity index (χ4v) is 5.39. The van der Waals surface area contributed by atoms with Crippen LogP contribution in [0.4, 0.5) is 36.4 Å². The maximum absolute atomic E-state index is 13.7. The first-order chi connectivity index (χ1) is 18.6. The summed E-state index contributed by atoms with van der Waals surface area (Å²) in [5.41, 5.74) is 8.95. The smallest absolute Gasteiger partial charge is 0.355 e. The summed E-state index contributed by atoms with van der Waals surface area (Å²) in [6.07, 6.45) is 0.0987. The number of anilines is 4. The number of fused-ring (bicyclic) bond motifs is 1. The van der Waals surface area contributed by atoms with Crippen LogP contribution in [0, 0.1) is 0 Å². The topological polar surface area (TPSA) is 83.2 Å². The van der Waals surface area contributed by atoms with E-state index in [1.165, 1.54) is 12.3 Å². The van der Waals surface area contributed by atoms with Crippen molar-refractivity contribution in [3.8, 4) is 0 Å². The second-order valence-corrected chi connectivity index (χ2v) is 11.1. The van der Waals surface area contributed by atoms with E-state index in [1.807, 2.05) is 12.1 Å². The molecule has 2 aliphatic heterocycles. The molecule has 3 aromatic rings. The van der Waals surface area contributed by atoms with Gasteiger partial charge in [-0.2, -0.15) is 18.2 Å². The lowest BCUT2D eigenvalue weighted by atomic mass is 9.85. The number of aromatic nitrogens is 3. The van der Waals surface area contributed by atoms with Gasteiger partial charge in [-0.1, -0.05) is 26.0 Å². The molecule has 208 valence electrons. The molecular weight excluding hydrogens is 503 g/mol. The molecule has 1 saturated heterocycles. The Balaban J connectivity index is 1.48. The summed E-state index contributed by atoms with van der Waals surface area (Å²) in [5, 5.41) is 3.50. The molecule has 39 heavy (non-hydrogen) atoms. The molecule has 5 rings (SSSR count). The molecule has 1 fully saturated rings. The number of benzene rings is 1. The quantitative estimate of drug-likeness (QED) is 0.430. The lowest BCUT2D eigenvalue weighted by Crippen LogP contribution is -2.29. The number of nitrogens with one attached hydrogen (secondary N) is 1. The second-order valence-electron chi connectivity index (χ2n) is 11.1. The fraction of sp³-hybridized carbons (Fsp3) is 0.483. The normalized spacial score (nSPS) is 18.2. The molecule has 0 saturated carbocycles. The zero-order valence-electron chi connectivity index (χ0n) is 22.7. The van der Waals surface area contributed by atoms with Gasteiger partial charge in [-0.05, 0) is 56.0 Å². The van der Waals surface area contributed by atoms with Crippen LogP contribution in [-0.4, -0.2) is 47.2 Å². The Morgan fingerprint density at radius 2 is 1.77 bits per heavy atom. The van der Waals surface area contributed by atoms with Gasteiger partial charge < -0.3 is 20.9 Å². The molecule has 0 bridgehead atoms. The molecule has 2 aromatic heterocycles. The van der Waals surface area contributed by atoms with Gasteiger partial charge >= 0.3 is 6.18 Å². The molecule has 1 unspecified atom stereocenters. The van der Waals surface area contributed by atoms with E-state index >= 15 is 0 Å². The Morgan fingerprint density at radius 3 is 2.44 bits per heavy atom. The molecule has 4 heterocycles. The molecule has 1 aromatic carbocycles. The summed E-state index contributed by atoms with van der Waals surface area (Å²) in [7, 11) is 0. The fourth-order valence-electron chi connectivity index (χ4n) is 5.39. The predicted molar refractivity (Wildman–Crippen MR) is 149 cm³/mol. The molecule has 2 aliphatic rings. The molecule has 1 atom stereocenters. The van der Waals surface area contributed by atoms with Crippen molar-refractivity contribution in [2.75, 3.05) is 41.3 Å². The van der Waals surface area contributed by atoms with Crippen LogP contribution in [0.15, 0.2) is 42.6 Å². The van der Waals surface area contributed by atoms with E-state index in [4.69, 9.17) is 15.7 Å². The van der Waals surface area contributed by atoms with Gasteiger partial charge in [0.15, 0.2) is 0 Å². The molecule has 0 aliphatic carbocycles. The van der Waals surface area contributed by atoms with Gasteiger partial charge in [0.1, 0.15) is 11.6 Å². The van der Waals surface area contributed by atoms with Crippen molar-refractivity contribution in [3.63, 3.8) is 0 Å². The molecular formula is C29H36F3N7. The highest BCUT2D eigenvalue weighted by Gasteiger charge is 2.36. The van der Waals surface area contributed by atoms with Crippen LogP contribution in [0.25, 0.3) is 0 Å². The van der Waals surface area contributed by atoms with Crippen molar-refractivity contribution < 1.29 is 13.2 Å². The van der Waals surface area contributed by atoms with Crippen LogP contribution in [0.2, 0.25) is 0 Å². The monoisotopic (exact) mass is 539 g/mol. The standard InChI is InChI=1S/C29H36F3N7/c1-19-6-5-15-39(19)27-36-24-13-17-38(26-23(29(30,31)32)7-4-14-34-26)16-12-22(24)25(37-27)35-21-10-8-20(9-11-21)28(2,3)18-33/h4,7-11,14,19H,5-6,12-13,15-18,33H2,1-3H3,(H,35,36,37). The zero-order valence-corrected chi connectivity index (χ0v) is 22.7. The number of halogens is 3. The summed E-state index contributed by atoms with van der Waals surface area (Å²) in [5.74, 6) is 1.34. The summed E-state index contributed by atoms with van der Waals surface area (Å²) in [4.78, 5) is 18.0. The first kappa shape index (κ1) is 27.2. The van der Waals surface area contributed by atoms with Crippen LogP contribution in [0.3, 0.4) is 0 Å². The van der Waals surface area contributed by atoms with Gasteiger partial charge in [-0.25, -0.2) is 9.97 Å². The SMILES string of the molecule is CC1CCCN1c1nc2c(c(Nc3ccc(C(C)(C)CN)cc3)n1)CCN(c1ncccc1C(F)(F)F)CC2. The number of pyridine rings is 1. The molecule has 10 heteroatoms. The minimum absolute atomic E-state index is 0.0354. The van der Waals surface area contributed by atoms with E-state index in [1.54, 1.807) is 4.90 Å². The number of hydrogen-bond acceptors (Lipinski definition) is 7. The van der Waals surface area contributed by atoms with E-state index in [2.05, 4.69) is 48.1 Å². The van der Waals surface area contributed by atoms with Gasteiger partial charge in [0.25, 0.3) is 0 Å². The molecule has 0 radical (unpaired) electrons.